The third-order valence-electron chi connectivity index (χ3n) is 0.850. The van der Waals surface area contributed by atoms with Crippen LogP contribution in [0.15, 0.2) is 16.9 Å². The van der Waals surface area contributed by atoms with Crippen molar-refractivity contribution in [3.8, 4) is 0 Å². The van der Waals surface area contributed by atoms with Crippen molar-refractivity contribution in [3.05, 3.63) is 12.3 Å². The van der Waals surface area contributed by atoms with Gasteiger partial charge in [0.15, 0.2) is 5.82 Å². The molecule has 0 aliphatic carbocycles. The first-order chi connectivity index (χ1) is 4.72. The Hall–Kier alpha value is -1.17. The number of nitrogens with zero attached hydrogens (tertiary/aromatic N) is 2. The highest BCUT2D eigenvalue weighted by Crippen LogP contribution is 2.10. The molecule has 1 aromatic heterocycles. The van der Waals surface area contributed by atoms with Crippen molar-refractivity contribution in [2.45, 2.75) is 0 Å². The molecule has 10 heavy (non-hydrogen) atoms. The van der Waals surface area contributed by atoms with Gasteiger partial charge in [-0.2, -0.15) is 0 Å². The first-order valence-corrected chi connectivity index (χ1v) is 2.80. The van der Waals surface area contributed by atoms with E-state index in [0.29, 0.717) is 0 Å². The Kier molecular flexibility index (Phi) is 1.81. The van der Waals surface area contributed by atoms with Crippen LogP contribution in [0, 0.1) is 0 Å². The highest BCUT2D eigenvalue weighted by atomic mass is 32.1. The van der Waals surface area contributed by atoms with Gasteiger partial charge in [0.1, 0.15) is 6.26 Å². The highest BCUT2D eigenvalue weighted by Gasteiger charge is 2.09. The fourth-order valence-electron chi connectivity index (χ4n) is 0.428. The number of primary amides is 1. The van der Waals surface area contributed by atoms with Gasteiger partial charge in [0.05, 0.1) is 0 Å². The molecule has 1 aromatic rings. The molecule has 54 valence electrons. The number of carbonyl (C=O) groups excluding carboxylic acids is 1. The average molecular weight is 159 g/mol. The lowest BCUT2D eigenvalue weighted by atomic mass is 10.6. The molecule has 2 N–H and O–H groups in total. The summed E-state index contributed by atoms with van der Waals surface area (Å²) in [7, 11) is 0. The zero-order chi connectivity index (χ0) is 7.56. The lowest BCUT2D eigenvalue weighted by Gasteiger charge is -2.05. The third-order valence-corrected chi connectivity index (χ3v) is 1.25. The SMILES string of the molecule is NC(=O)N(S)c1ccon1. The molecule has 6 heteroatoms. The van der Waals surface area contributed by atoms with E-state index in [1.165, 1.54) is 12.3 Å². The zero-order valence-electron chi connectivity index (χ0n) is 4.89. The molecule has 0 bridgehead atoms. The highest BCUT2D eigenvalue weighted by molar-refractivity contribution is 7.82. The summed E-state index contributed by atoms with van der Waals surface area (Å²) < 4.78 is 5.32. The summed E-state index contributed by atoms with van der Waals surface area (Å²) in [5, 5.41) is 3.41. The van der Waals surface area contributed by atoms with E-state index in [1.54, 1.807) is 0 Å². The average Bonchev–Trinajstić information content (AvgIpc) is 2.36. The fourth-order valence-corrected chi connectivity index (χ4v) is 0.531. The molecule has 1 heterocycles. The molecule has 0 aliphatic rings. The maximum absolute atomic E-state index is 10.4. The van der Waals surface area contributed by atoms with Crippen molar-refractivity contribution < 1.29 is 9.32 Å². The molecule has 0 aliphatic heterocycles. The lowest BCUT2D eigenvalue weighted by Crippen LogP contribution is -2.27. The van der Waals surface area contributed by atoms with Crippen LogP contribution in [0.3, 0.4) is 0 Å². The smallest absolute Gasteiger partial charge is 0.330 e. The first kappa shape index (κ1) is 6.94. The maximum Gasteiger partial charge on any atom is 0.330 e. The van der Waals surface area contributed by atoms with Crippen LogP contribution >= 0.6 is 12.8 Å². The van der Waals surface area contributed by atoms with Gasteiger partial charge in [-0.15, -0.1) is 0 Å². The number of urea groups is 1. The normalized spacial score (nSPS) is 9.30. The fraction of sp³-hybridized carbons (Fsp3) is 0. The van der Waals surface area contributed by atoms with E-state index < -0.39 is 6.03 Å². The Morgan fingerprint density at radius 1 is 1.90 bits per heavy atom. The topological polar surface area (TPSA) is 72.4 Å². The van der Waals surface area contributed by atoms with E-state index in [1.807, 2.05) is 0 Å². The molecule has 5 nitrogen and oxygen atoms in total. The monoisotopic (exact) mass is 159 g/mol. The van der Waals surface area contributed by atoms with E-state index in [9.17, 15) is 4.79 Å². The predicted molar refractivity (Wildman–Crippen MR) is 37.6 cm³/mol. The van der Waals surface area contributed by atoms with Crippen LogP contribution in [0.2, 0.25) is 0 Å². The summed E-state index contributed by atoms with van der Waals surface area (Å²) in [5.41, 5.74) is 4.86. The largest absolute Gasteiger partial charge is 0.363 e. The van der Waals surface area contributed by atoms with Crippen molar-refractivity contribution in [2.75, 3.05) is 4.31 Å². The number of carbonyl (C=O) groups is 1. The van der Waals surface area contributed by atoms with Gasteiger partial charge in [-0.05, 0) is 0 Å². The number of anilines is 1. The van der Waals surface area contributed by atoms with Gasteiger partial charge in [-0.1, -0.05) is 18.0 Å². The van der Waals surface area contributed by atoms with E-state index >= 15 is 0 Å². The summed E-state index contributed by atoms with van der Waals surface area (Å²) in [5.74, 6) is 0.274. The zero-order valence-corrected chi connectivity index (χ0v) is 5.78. The second kappa shape index (κ2) is 2.61. The molecule has 0 atom stereocenters. The van der Waals surface area contributed by atoms with Crippen LogP contribution in [0.4, 0.5) is 10.6 Å². The third kappa shape index (κ3) is 1.21. The lowest BCUT2D eigenvalue weighted by molar-refractivity contribution is 0.257. The number of rotatable bonds is 1. The second-order valence-electron chi connectivity index (χ2n) is 1.51. The van der Waals surface area contributed by atoms with Crippen molar-refractivity contribution in [1.82, 2.24) is 5.16 Å². The standard InChI is InChI=1S/C4H5N3O2S/c5-4(8)7(10)3-1-2-9-6-3/h1-2,10H,(H2,5,8). The Bertz CT molecular complexity index is 222. The van der Waals surface area contributed by atoms with Gasteiger partial charge in [0, 0.05) is 6.07 Å². The maximum atomic E-state index is 10.4. The molecule has 1 rings (SSSR count). The molecule has 0 radical (unpaired) electrons. The summed E-state index contributed by atoms with van der Waals surface area (Å²) in [6, 6.07) is 0.773. The Balaban J connectivity index is 2.77. The Labute approximate surface area is 62.3 Å². The minimum Gasteiger partial charge on any atom is -0.363 e. The van der Waals surface area contributed by atoms with E-state index in [2.05, 4.69) is 22.5 Å². The van der Waals surface area contributed by atoms with Gasteiger partial charge >= 0.3 is 6.03 Å². The number of amides is 2. The molecule has 0 fully saturated rings. The van der Waals surface area contributed by atoms with Gasteiger partial charge in [-0.25, -0.2) is 9.10 Å². The van der Waals surface area contributed by atoms with Gasteiger partial charge in [-0.3, -0.25) is 0 Å². The quantitative estimate of drug-likeness (QED) is 0.583. The summed E-state index contributed by atoms with van der Waals surface area (Å²) in [6.45, 7) is 0. The number of hydrogen-bond donors (Lipinski definition) is 2. The van der Waals surface area contributed by atoms with Crippen molar-refractivity contribution in [3.63, 3.8) is 0 Å². The van der Waals surface area contributed by atoms with Gasteiger partial charge in [0.2, 0.25) is 0 Å². The summed E-state index contributed by atoms with van der Waals surface area (Å²) in [6.07, 6.45) is 1.32. The first-order valence-electron chi connectivity index (χ1n) is 2.40. The molecular weight excluding hydrogens is 154 g/mol. The van der Waals surface area contributed by atoms with Crippen molar-refractivity contribution >= 4 is 24.7 Å². The van der Waals surface area contributed by atoms with Crippen LogP contribution in [-0.4, -0.2) is 11.2 Å². The van der Waals surface area contributed by atoms with Crippen molar-refractivity contribution in [1.29, 1.82) is 0 Å². The van der Waals surface area contributed by atoms with Crippen LogP contribution in [0.25, 0.3) is 0 Å². The minimum absolute atomic E-state index is 0.274. The molecule has 0 saturated heterocycles. The molecule has 0 spiro atoms. The molecule has 0 saturated carbocycles. The van der Waals surface area contributed by atoms with Gasteiger partial charge in [0.25, 0.3) is 0 Å². The second-order valence-corrected chi connectivity index (χ2v) is 1.91. The van der Waals surface area contributed by atoms with Crippen LogP contribution in [0.1, 0.15) is 0 Å². The predicted octanol–water partition coefficient (Wildman–Crippen LogP) is 0.405. The number of thiol groups is 1. The number of aromatic nitrogens is 1. The van der Waals surface area contributed by atoms with Gasteiger partial charge < -0.3 is 10.3 Å². The van der Waals surface area contributed by atoms with Crippen molar-refractivity contribution in [2.24, 2.45) is 5.73 Å². The number of nitrogens with two attached hydrogens (primary N) is 1. The molecular formula is C4H5N3O2S. The minimum atomic E-state index is -0.697. The van der Waals surface area contributed by atoms with Crippen LogP contribution < -0.4 is 10.0 Å². The molecule has 0 aromatic carbocycles. The van der Waals surface area contributed by atoms with E-state index in [-0.39, 0.29) is 5.82 Å². The molecule has 2 amide bonds. The molecule has 0 unspecified atom stereocenters. The summed E-state index contributed by atoms with van der Waals surface area (Å²) >= 11 is 3.72. The Morgan fingerprint density at radius 3 is 3.00 bits per heavy atom. The van der Waals surface area contributed by atoms with Crippen LogP contribution in [0.5, 0.6) is 0 Å². The van der Waals surface area contributed by atoms with E-state index in [0.717, 1.165) is 4.31 Å². The Morgan fingerprint density at radius 2 is 2.60 bits per heavy atom. The van der Waals surface area contributed by atoms with E-state index in [4.69, 9.17) is 5.73 Å². The summed E-state index contributed by atoms with van der Waals surface area (Å²) in [4.78, 5) is 10.4. The van der Waals surface area contributed by atoms with Crippen LogP contribution in [-0.2, 0) is 0 Å². The number of hydrogen-bond acceptors (Lipinski definition) is 4.